The molecule has 5 heteroatoms. The Bertz CT molecular complexity index is 411. The van der Waals surface area contributed by atoms with Crippen LogP contribution in [0.25, 0.3) is 16.5 Å². The number of nitrogens with zero attached hydrogens (tertiary/aromatic N) is 3. The molecule has 0 spiro atoms. The molecule has 1 rings (SSSR count). The molecule has 0 aliphatic carbocycles. The molecule has 0 aliphatic heterocycles. The van der Waals surface area contributed by atoms with Crippen LogP contribution in [0, 0.1) is 0 Å². The lowest BCUT2D eigenvalue weighted by Crippen LogP contribution is -1.86. The molecule has 0 saturated heterocycles. The summed E-state index contributed by atoms with van der Waals surface area (Å²) in [6.45, 7) is 0.343. The molecule has 0 radical (unpaired) electrons. The summed E-state index contributed by atoms with van der Waals surface area (Å²) in [6, 6.07) is 5.73. The highest BCUT2D eigenvalue weighted by Crippen LogP contribution is 2.24. The third kappa shape index (κ3) is 3.65. The van der Waals surface area contributed by atoms with Crippen LogP contribution >= 0.6 is 15.9 Å². The van der Waals surface area contributed by atoms with Gasteiger partial charge in [-0.3, -0.25) is 0 Å². The molecular weight excluding hydrogens is 258 g/mol. The largest absolute Gasteiger partial charge is 0.496 e. The van der Waals surface area contributed by atoms with Gasteiger partial charge in [0.1, 0.15) is 5.75 Å². The molecule has 4 nitrogen and oxygen atoms in total. The number of rotatable bonds is 4. The van der Waals surface area contributed by atoms with Gasteiger partial charge in [0.25, 0.3) is 0 Å². The number of halogens is 1. The summed E-state index contributed by atoms with van der Waals surface area (Å²) >= 11 is 3.36. The summed E-state index contributed by atoms with van der Waals surface area (Å²) in [5, 5.41) is 3.40. The smallest absolute Gasteiger partial charge is 0.127 e. The SMILES string of the molecule is COc1cc(Br)ccc1C=CCN=[N+]=[N-]. The maximum Gasteiger partial charge on any atom is 0.127 e. The monoisotopic (exact) mass is 267 g/mol. The molecule has 1 aromatic rings. The Labute approximate surface area is 96.3 Å². The molecule has 1 aromatic carbocycles. The highest BCUT2D eigenvalue weighted by molar-refractivity contribution is 9.10. The van der Waals surface area contributed by atoms with E-state index in [0.29, 0.717) is 6.54 Å². The van der Waals surface area contributed by atoms with Crippen molar-refractivity contribution in [1.29, 1.82) is 0 Å². The van der Waals surface area contributed by atoms with Crippen molar-refractivity contribution >= 4 is 22.0 Å². The fourth-order valence-electron chi connectivity index (χ4n) is 1.09. The maximum absolute atomic E-state index is 8.09. The van der Waals surface area contributed by atoms with Crippen molar-refractivity contribution in [2.75, 3.05) is 13.7 Å². The van der Waals surface area contributed by atoms with E-state index in [2.05, 4.69) is 26.0 Å². The van der Waals surface area contributed by atoms with Crippen LogP contribution in [0.2, 0.25) is 0 Å². The van der Waals surface area contributed by atoms with Gasteiger partial charge in [-0.1, -0.05) is 39.3 Å². The normalized spacial score (nSPS) is 10.0. The summed E-state index contributed by atoms with van der Waals surface area (Å²) in [5.74, 6) is 0.779. The van der Waals surface area contributed by atoms with E-state index in [0.717, 1.165) is 15.8 Å². The van der Waals surface area contributed by atoms with Crippen LogP contribution in [0.1, 0.15) is 5.56 Å². The van der Waals surface area contributed by atoms with Crippen molar-refractivity contribution in [2.24, 2.45) is 5.11 Å². The van der Waals surface area contributed by atoms with E-state index in [-0.39, 0.29) is 0 Å². The van der Waals surface area contributed by atoms with Gasteiger partial charge in [0, 0.05) is 21.5 Å². The molecule has 0 saturated carbocycles. The van der Waals surface area contributed by atoms with Gasteiger partial charge < -0.3 is 4.74 Å². The van der Waals surface area contributed by atoms with Gasteiger partial charge in [-0.25, -0.2) is 0 Å². The molecule has 0 fully saturated rings. The molecule has 0 amide bonds. The molecule has 15 heavy (non-hydrogen) atoms. The topological polar surface area (TPSA) is 58.0 Å². The summed E-state index contributed by atoms with van der Waals surface area (Å²) < 4.78 is 6.16. The van der Waals surface area contributed by atoms with E-state index in [4.69, 9.17) is 10.3 Å². The first-order chi connectivity index (χ1) is 7.27. The molecule has 0 bridgehead atoms. The lowest BCUT2D eigenvalue weighted by Gasteiger charge is -2.04. The lowest BCUT2D eigenvalue weighted by atomic mass is 10.2. The molecule has 78 valence electrons. The number of hydrogen-bond donors (Lipinski definition) is 0. The van der Waals surface area contributed by atoms with Crippen LogP contribution < -0.4 is 4.74 Å². The zero-order chi connectivity index (χ0) is 11.1. The summed E-state index contributed by atoms with van der Waals surface area (Å²) in [4.78, 5) is 2.66. The number of ether oxygens (including phenoxy) is 1. The van der Waals surface area contributed by atoms with Gasteiger partial charge in [-0.15, -0.1) is 0 Å². The van der Waals surface area contributed by atoms with E-state index in [1.54, 1.807) is 13.2 Å². The fourth-order valence-corrected chi connectivity index (χ4v) is 1.43. The van der Waals surface area contributed by atoms with Crippen molar-refractivity contribution in [3.8, 4) is 5.75 Å². The average Bonchev–Trinajstić information content (AvgIpc) is 2.26. The minimum Gasteiger partial charge on any atom is -0.496 e. The molecule has 0 unspecified atom stereocenters. The summed E-state index contributed by atoms with van der Waals surface area (Å²) in [6.07, 6.45) is 3.64. The Kier molecular flexibility index (Phi) is 4.74. The minimum atomic E-state index is 0.343. The molecule has 0 aromatic heterocycles. The predicted octanol–water partition coefficient (Wildman–Crippen LogP) is 3.78. The average molecular weight is 268 g/mol. The Morgan fingerprint density at radius 1 is 1.60 bits per heavy atom. The van der Waals surface area contributed by atoms with Crippen molar-refractivity contribution in [2.45, 2.75) is 0 Å². The van der Waals surface area contributed by atoms with Crippen molar-refractivity contribution < 1.29 is 4.74 Å². The third-order valence-electron chi connectivity index (χ3n) is 1.74. The molecule has 0 aliphatic rings. The lowest BCUT2D eigenvalue weighted by molar-refractivity contribution is 0.413. The predicted molar refractivity (Wildman–Crippen MR) is 63.7 cm³/mol. The zero-order valence-corrected chi connectivity index (χ0v) is 9.81. The van der Waals surface area contributed by atoms with Crippen LogP contribution in [0.5, 0.6) is 5.75 Å². The van der Waals surface area contributed by atoms with Crippen molar-refractivity contribution in [3.63, 3.8) is 0 Å². The number of azide groups is 1. The Hall–Kier alpha value is -1.45. The van der Waals surface area contributed by atoms with Gasteiger partial charge in [-0.05, 0) is 17.7 Å². The summed E-state index contributed by atoms with van der Waals surface area (Å²) in [7, 11) is 1.62. The van der Waals surface area contributed by atoms with E-state index in [1.807, 2.05) is 24.3 Å². The molecular formula is C10H10BrN3O. The van der Waals surface area contributed by atoms with E-state index in [9.17, 15) is 0 Å². The standard InChI is InChI=1S/C10H10BrN3O/c1-15-10-7-9(11)5-4-8(10)3-2-6-13-14-12/h2-5,7H,6H2,1H3. The van der Waals surface area contributed by atoms with Gasteiger partial charge in [0.15, 0.2) is 0 Å². The second-order valence-electron chi connectivity index (χ2n) is 2.70. The number of benzene rings is 1. The maximum atomic E-state index is 8.09. The fraction of sp³-hybridized carbons (Fsp3) is 0.200. The number of methoxy groups -OCH3 is 1. The Morgan fingerprint density at radius 3 is 3.07 bits per heavy atom. The zero-order valence-electron chi connectivity index (χ0n) is 8.22. The first-order valence-electron chi connectivity index (χ1n) is 4.29. The van der Waals surface area contributed by atoms with Crippen molar-refractivity contribution in [1.82, 2.24) is 0 Å². The van der Waals surface area contributed by atoms with E-state index in [1.165, 1.54) is 0 Å². The molecule has 0 N–H and O–H groups in total. The van der Waals surface area contributed by atoms with E-state index >= 15 is 0 Å². The number of hydrogen-bond acceptors (Lipinski definition) is 2. The van der Waals surface area contributed by atoms with Crippen LogP contribution in [-0.4, -0.2) is 13.7 Å². The van der Waals surface area contributed by atoms with Crippen molar-refractivity contribution in [3.05, 3.63) is 44.8 Å². The Balaban J connectivity index is 2.84. The van der Waals surface area contributed by atoms with Gasteiger partial charge >= 0.3 is 0 Å². The minimum absolute atomic E-state index is 0.343. The second-order valence-corrected chi connectivity index (χ2v) is 3.62. The highest BCUT2D eigenvalue weighted by atomic mass is 79.9. The van der Waals surface area contributed by atoms with Gasteiger partial charge in [-0.2, -0.15) is 0 Å². The third-order valence-corrected chi connectivity index (χ3v) is 2.24. The van der Waals surface area contributed by atoms with Crippen LogP contribution in [0.15, 0.2) is 33.9 Å². The summed E-state index contributed by atoms with van der Waals surface area (Å²) in [5.41, 5.74) is 9.05. The molecule has 0 atom stereocenters. The first-order valence-corrected chi connectivity index (χ1v) is 5.08. The van der Waals surface area contributed by atoms with Crippen LogP contribution in [-0.2, 0) is 0 Å². The van der Waals surface area contributed by atoms with Crippen LogP contribution in [0.3, 0.4) is 0 Å². The Morgan fingerprint density at radius 2 is 2.40 bits per heavy atom. The molecule has 0 heterocycles. The van der Waals surface area contributed by atoms with E-state index < -0.39 is 0 Å². The van der Waals surface area contributed by atoms with Gasteiger partial charge in [0.2, 0.25) is 0 Å². The second kappa shape index (κ2) is 6.11. The first kappa shape index (κ1) is 11.6. The van der Waals surface area contributed by atoms with Gasteiger partial charge in [0.05, 0.1) is 7.11 Å². The van der Waals surface area contributed by atoms with Crippen LogP contribution in [0.4, 0.5) is 0 Å². The highest BCUT2D eigenvalue weighted by Gasteiger charge is 1.99. The quantitative estimate of drug-likeness (QED) is 0.465.